The number of aliphatic hydroxyl groups excluding tert-OH is 5. The molecule has 0 aromatic rings. The molecule has 4 atom stereocenters. The summed E-state index contributed by atoms with van der Waals surface area (Å²) in [6.45, 7) is -0.699. The van der Waals surface area contributed by atoms with Gasteiger partial charge in [0.25, 0.3) is 0 Å². The Morgan fingerprint density at radius 3 is 2.07 bits per heavy atom. The van der Waals surface area contributed by atoms with Gasteiger partial charge in [-0.05, 0) is 0 Å². The van der Waals surface area contributed by atoms with Gasteiger partial charge < -0.3 is 30.5 Å². The summed E-state index contributed by atoms with van der Waals surface area (Å²) >= 11 is 0. The maximum atomic E-state index is 9.32. The fourth-order valence-electron chi connectivity index (χ4n) is 0.827. The molecule has 90 valence electrons. The second-order valence-electron chi connectivity index (χ2n) is 3.33. The molecule has 5 N–H and O–H groups in total. The first-order chi connectivity index (χ1) is 6.90. The molecule has 15 heavy (non-hydrogen) atoms. The maximum Gasteiger partial charge on any atom is 0.119 e. The summed E-state index contributed by atoms with van der Waals surface area (Å²) in [6.07, 6.45) is -5.11. The van der Waals surface area contributed by atoms with Crippen LogP contribution in [0.3, 0.4) is 0 Å². The lowest BCUT2D eigenvalue weighted by molar-refractivity contribution is -0.100. The van der Waals surface area contributed by atoms with Crippen molar-refractivity contribution in [2.75, 3.05) is 20.7 Å². The van der Waals surface area contributed by atoms with E-state index in [9.17, 15) is 15.3 Å². The van der Waals surface area contributed by atoms with Crippen molar-refractivity contribution in [2.24, 2.45) is 5.10 Å². The lowest BCUT2D eigenvalue weighted by atomic mass is 10.0. The molecule has 7 nitrogen and oxygen atoms in total. The van der Waals surface area contributed by atoms with Gasteiger partial charge in [-0.2, -0.15) is 5.10 Å². The molecule has 7 heteroatoms. The van der Waals surface area contributed by atoms with Crippen LogP contribution in [-0.2, 0) is 0 Å². The minimum absolute atomic E-state index is 0.699. The maximum absolute atomic E-state index is 9.32. The molecule has 0 amide bonds. The number of hydrogen-bond donors (Lipinski definition) is 5. The quantitative estimate of drug-likeness (QED) is 0.241. The van der Waals surface area contributed by atoms with Crippen molar-refractivity contribution in [3.05, 3.63) is 0 Å². The van der Waals surface area contributed by atoms with Gasteiger partial charge in [0.1, 0.15) is 24.4 Å². The summed E-state index contributed by atoms with van der Waals surface area (Å²) in [6, 6.07) is 0. The Balaban J connectivity index is 4.24. The summed E-state index contributed by atoms with van der Waals surface area (Å²) in [7, 11) is 3.24. The molecule has 0 rings (SSSR count). The van der Waals surface area contributed by atoms with Gasteiger partial charge in [-0.25, -0.2) is 0 Å². The van der Waals surface area contributed by atoms with Gasteiger partial charge in [0.15, 0.2) is 0 Å². The molecule has 4 unspecified atom stereocenters. The van der Waals surface area contributed by atoms with Crippen LogP contribution >= 0.6 is 0 Å². The van der Waals surface area contributed by atoms with Crippen LogP contribution in [0.2, 0.25) is 0 Å². The highest BCUT2D eigenvalue weighted by molar-refractivity contribution is 5.63. The predicted molar refractivity (Wildman–Crippen MR) is 53.3 cm³/mol. The molecule has 0 radical (unpaired) electrons. The number of aliphatic hydroxyl groups is 5. The Morgan fingerprint density at radius 2 is 1.67 bits per heavy atom. The highest BCUT2D eigenvalue weighted by atomic mass is 16.4. The number of hydrogen-bond acceptors (Lipinski definition) is 7. The Bertz CT molecular complexity index is 199. The highest BCUT2D eigenvalue weighted by Gasteiger charge is 2.29. The van der Waals surface area contributed by atoms with Crippen molar-refractivity contribution in [1.29, 1.82) is 0 Å². The molecular weight excluding hydrogens is 204 g/mol. The molecule has 0 aliphatic carbocycles. The van der Waals surface area contributed by atoms with Gasteiger partial charge in [-0.3, -0.25) is 0 Å². The van der Waals surface area contributed by atoms with E-state index in [0.717, 1.165) is 6.21 Å². The van der Waals surface area contributed by atoms with E-state index in [0.29, 0.717) is 0 Å². The number of hydrazone groups is 1. The van der Waals surface area contributed by atoms with E-state index in [1.807, 2.05) is 0 Å². The van der Waals surface area contributed by atoms with Crippen LogP contribution in [0.25, 0.3) is 0 Å². The normalized spacial score (nSPS) is 19.9. The molecule has 0 saturated heterocycles. The van der Waals surface area contributed by atoms with E-state index in [-0.39, 0.29) is 0 Å². The van der Waals surface area contributed by atoms with Gasteiger partial charge in [-0.15, -0.1) is 0 Å². The van der Waals surface area contributed by atoms with E-state index in [1.54, 1.807) is 14.1 Å². The monoisotopic (exact) mass is 222 g/mol. The van der Waals surface area contributed by atoms with Gasteiger partial charge in [0.2, 0.25) is 0 Å². The van der Waals surface area contributed by atoms with Gasteiger partial charge >= 0.3 is 0 Å². The minimum atomic E-state index is -1.63. The standard InChI is InChI=1S/C8H18N2O5/c1-10(2)9-3-5(12)7(14)8(15)6(13)4-11/h3,5-8,11-15H,4H2,1-2H3. The van der Waals surface area contributed by atoms with E-state index >= 15 is 0 Å². The van der Waals surface area contributed by atoms with Gasteiger partial charge in [0.05, 0.1) is 12.8 Å². The second kappa shape index (κ2) is 6.70. The molecular formula is C8H18N2O5. The highest BCUT2D eigenvalue weighted by Crippen LogP contribution is 2.03. The molecule has 0 bridgehead atoms. The van der Waals surface area contributed by atoms with Gasteiger partial charge in [-0.1, -0.05) is 0 Å². The molecule has 0 aliphatic rings. The van der Waals surface area contributed by atoms with Crippen molar-refractivity contribution in [2.45, 2.75) is 24.4 Å². The lowest BCUT2D eigenvalue weighted by Crippen LogP contribution is -2.46. The first kappa shape index (κ1) is 14.3. The Hall–Kier alpha value is -0.730. The Kier molecular flexibility index (Phi) is 6.37. The van der Waals surface area contributed by atoms with Crippen molar-refractivity contribution >= 4 is 6.21 Å². The van der Waals surface area contributed by atoms with Crippen molar-refractivity contribution in [1.82, 2.24) is 5.01 Å². The van der Waals surface area contributed by atoms with Gasteiger partial charge in [0, 0.05) is 14.1 Å². The third-order valence-corrected chi connectivity index (χ3v) is 1.73. The Labute approximate surface area is 87.9 Å². The molecule has 0 spiro atoms. The van der Waals surface area contributed by atoms with E-state index < -0.39 is 31.0 Å². The van der Waals surface area contributed by atoms with Crippen LogP contribution < -0.4 is 0 Å². The molecule has 0 heterocycles. The fourth-order valence-corrected chi connectivity index (χ4v) is 0.827. The summed E-state index contributed by atoms with van der Waals surface area (Å²) in [5.41, 5.74) is 0. The van der Waals surface area contributed by atoms with Crippen LogP contribution in [0.5, 0.6) is 0 Å². The van der Waals surface area contributed by atoms with Crippen molar-refractivity contribution in [3.63, 3.8) is 0 Å². The average Bonchev–Trinajstić information content (AvgIpc) is 2.22. The van der Waals surface area contributed by atoms with Crippen LogP contribution in [0.15, 0.2) is 5.10 Å². The SMILES string of the molecule is CN(C)N=CC(O)C(O)C(O)C(O)CO. The summed E-state index contributed by atoms with van der Waals surface area (Å²) in [5, 5.41) is 50.4. The zero-order valence-corrected chi connectivity index (χ0v) is 8.72. The zero-order valence-electron chi connectivity index (χ0n) is 8.72. The molecule has 0 fully saturated rings. The number of rotatable bonds is 6. The van der Waals surface area contributed by atoms with Crippen LogP contribution in [0.1, 0.15) is 0 Å². The lowest BCUT2D eigenvalue weighted by Gasteiger charge is -2.23. The zero-order chi connectivity index (χ0) is 12.0. The third-order valence-electron chi connectivity index (χ3n) is 1.73. The molecule has 0 aromatic carbocycles. The largest absolute Gasteiger partial charge is 0.394 e. The average molecular weight is 222 g/mol. The van der Waals surface area contributed by atoms with Crippen molar-refractivity contribution in [3.8, 4) is 0 Å². The molecule has 0 saturated carbocycles. The first-order valence-electron chi connectivity index (χ1n) is 4.44. The van der Waals surface area contributed by atoms with Crippen LogP contribution in [0, 0.1) is 0 Å². The predicted octanol–water partition coefficient (Wildman–Crippen LogP) is -3.03. The molecule has 0 aliphatic heterocycles. The van der Waals surface area contributed by atoms with Crippen LogP contribution in [-0.4, -0.2) is 81.9 Å². The minimum Gasteiger partial charge on any atom is -0.394 e. The first-order valence-corrected chi connectivity index (χ1v) is 4.44. The fraction of sp³-hybridized carbons (Fsp3) is 0.875. The van der Waals surface area contributed by atoms with Crippen LogP contribution in [0.4, 0.5) is 0 Å². The van der Waals surface area contributed by atoms with E-state index in [4.69, 9.17) is 10.2 Å². The Morgan fingerprint density at radius 1 is 1.13 bits per heavy atom. The van der Waals surface area contributed by atoms with E-state index in [1.165, 1.54) is 5.01 Å². The third kappa shape index (κ3) is 5.05. The second-order valence-corrected chi connectivity index (χ2v) is 3.33. The summed E-state index contributed by atoms with van der Waals surface area (Å²) in [4.78, 5) is 0. The smallest absolute Gasteiger partial charge is 0.119 e. The van der Waals surface area contributed by atoms with E-state index in [2.05, 4.69) is 5.10 Å². The summed E-state index contributed by atoms with van der Waals surface area (Å²) in [5.74, 6) is 0. The number of nitrogens with zero attached hydrogens (tertiary/aromatic N) is 2. The van der Waals surface area contributed by atoms with Crippen molar-refractivity contribution < 1.29 is 25.5 Å². The summed E-state index contributed by atoms with van der Waals surface area (Å²) < 4.78 is 0. The molecule has 0 aromatic heterocycles. The topological polar surface area (TPSA) is 117 Å².